The number of hydrogen-bond donors (Lipinski definition) is 0. The van der Waals surface area contributed by atoms with Gasteiger partial charge in [-0.1, -0.05) is 25.5 Å². The molecule has 2 nitrogen and oxygen atoms in total. The first-order valence-corrected chi connectivity index (χ1v) is 5.22. The van der Waals surface area contributed by atoms with E-state index in [2.05, 4.69) is 30.2 Å². The maximum Gasteiger partial charge on any atom is 0.0681 e. The Morgan fingerprint density at radius 1 is 1.36 bits per heavy atom. The summed E-state index contributed by atoms with van der Waals surface area (Å²) in [6, 6.07) is 6.62. The van der Waals surface area contributed by atoms with E-state index in [1.165, 1.54) is 35.7 Å². The molecule has 0 unspecified atom stereocenters. The number of aryl methyl sites for hydroxylation is 2. The van der Waals surface area contributed by atoms with Gasteiger partial charge in [0, 0.05) is 12.4 Å². The van der Waals surface area contributed by atoms with Gasteiger partial charge in [-0.15, -0.1) is 0 Å². The number of rotatable bonds is 3. The molecule has 1 aromatic carbocycles. The predicted octanol–water partition coefficient (Wildman–Crippen LogP) is 2.92. The highest BCUT2D eigenvalue weighted by Crippen LogP contribution is 2.16. The van der Waals surface area contributed by atoms with Crippen LogP contribution < -0.4 is 0 Å². The van der Waals surface area contributed by atoms with Crippen molar-refractivity contribution >= 4 is 10.9 Å². The summed E-state index contributed by atoms with van der Waals surface area (Å²) >= 11 is 0. The van der Waals surface area contributed by atoms with Crippen LogP contribution in [0.3, 0.4) is 0 Å². The average molecular weight is 188 g/mol. The first kappa shape index (κ1) is 9.25. The Kier molecular flexibility index (Phi) is 2.53. The Morgan fingerprint density at radius 2 is 2.21 bits per heavy atom. The lowest BCUT2D eigenvalue weighted by molar-refractivity contribution is 0.786. The second-order valence-corrected chi connectivity index (χ2v) is 3.76. The van der Waals surface area contributed by atoms with Crippen molar-refractivity contribution in [3.05, 3.63) is 30.0 Å². The van der Waals surface area contributed by atoms with Gasteiger partial charge in [0.25, 0.3) is 0 Å². The van der Waals surface area contributed by atoms with Crippen molar-refractivity contribution in [2.75, 3.05) is 0 Å². The number of benzene rings is 1. The Balaban J connectivity index is 2.34. The lowest BCUT2D eigenvalue weighted by Gasteiger charge is -2.00. The summed E-state index contributed by atoms with van der Waals surface area (Å²) in [5.41, 5.74) is 2.65. The SMILES string of the molecule is CCCCc1ccc2cnn(C)c2c1. The highest BCUT2D eigenvalue weighted by Gasteiger charge is 2.00. The zero-order valence-electron chi connectivity index (χ0n) is 8.83. The van der Waals surface area contributed by atoms with Crippen LogP contribution in [0.1, 0.15) is 25.3 Å². The van der Waals surface area contributed by atoms with Crippen LogP contribution in [0.5, 0.6) is 0 Å². The summed E-state index contributed by atoms with van der Waals surface area (Å²) in [5.74, 6) is 0. The zero-order valence-corrected chi connectivity index (χ0v) is 8.83. The van der Waals surface area contributed by atoms with E-state index in [9.17, 15) is 0 Å². The summed E-state index contributed by atoms with van der Waals surface area (Å²) in [6.07, 6.45) is 5.61. The van der Waals surface area contributed by atoms with Crippen molar-refractivity contribution in [2.24, 2.45) is 7.05 Å². The second kappa shape index (κ2) is 3.82. The summed E-state index contributed by atoms with van der Waals surface area (Å²) < 4.78 is 1.94. The van der Waals surface area contributed by atoms with Crippen molar-refractivity contribution in [2.45, 2.75) is 26.2 Å². The molecular weight excluding hydrogens is 172 g/mol. The van der Waals surface area contributed by atoms with E-state index in [4.69, 9.17) is 0 Å². The van der Waals surface area contributed by atoms with E-state index in [-0.39, 0.29) is 0 Å². The van der Waals surface area contributed by atoms with Crippen LogP contribution in [0.2, 0.25) is 0 Å². The molecule has 0 aliphatic rings. The van der Waals surface area contributed by atoms with Gasteiger partial charge in [-0.05, 0) is 24.5 Å². The lowest BCUT2D eigenvalue weighted by atomic mass is 10.1. The van der Waals surface area contributed by atoms with Crippen LogP contribution in [0.25, 0.3) is 10.9 Å². The van der Waals surface area contributed by atoms with Crippen LogP contribution in [0, 0.1) is 0 Å². The Hall–Kier alpha value is -1.31. The molecule has 74 valence electrons. The highest BCUT2D eigenvalue weighted by atomic mass is 15.2. The smallest absolute Gasteiger partial charge is 0.0681 e. The molecule has 0 fully saturated rings. The van der Waals surface area contributed by atoms with Crippen LogP contribution in [0.4, 0.5) is 0 Å². The minimum Gasteiger partial charge on any atom is -0.268 e. The maximum atomic E-state index is 4.23. The first-order valence-electron chi connectivity index (χ1n) is 5.22. The summed E-state index contributed by atoms with van der Waals surface area (Å²) in [4.78, 5) is 0. The van der Waals surface area contributed by atoms with Gasteiger partial charge in [0.15, 0.2) is 0 Å². The minimum absolute atomic E-state index is 1.18. The molecule has 14 heavy (non-hydrogen) atoms. The van der Waals surface area contributed by atoms with Crippen molar-refractivity contribution in [3.63, 3.8) is 0 Å². The van der Waals surface area contributed by atoms with Crippen LogP contribution in [-0.2, 0) is 13.5 Å². The third-order valence-corrected chi connectivity index (χ3v) is 2.63. The van der Waals surface area contributed by atoms with E-state index in [0.29, 0.717) is 0 Å². The van der Waals surface area contributed by atoms with Gasteiger partial charge in [0.05, 0.1) is 11.7 Å². The normalized spacial score (nSPS) is 11.0. The highest BCUT2D eigenvalue weighted by molar-refractivity contribution is 5.79. The lowest BCUT2D eigenvalue weighted by Crippen LogP contribution is -1.90. The van der Waals surface area contributed by atoms with E-state index >= 15 is 0 Å². The second-order valence-electron chi connectivity index (χ2n) is 3.76. The molecule has 0 N–H and O–H groups in total. The van der Waals surface area contributed by atoms with E-state index < -0.39 is 0 Å². The monoisotopic (exact) mass is 188 g/mol. The third kappa shape index (κ3) is 1.65. The van der Waals surface area contributed by atoms with Crippen LogP contribution in [-0.4, -0.2) is 9.78 Å². The van der Waals surface area contributed by atoms with Crippen molar-refractivity contribution in [3.8, 4) is 0 Å². The topological polar surface area (TPSA) is 17.8 Å². The molecule has 0 radical (unpaired) electrons. The molecule has 1 aromatic heterocycles. The maximum absolute atomic E-state index is 4.23. The minimum atomic E-state index is 1.18. The van der Waals surface area contributed by atoms with Crippen molar-refractivity contribution < 1.29 is 0 Å². The predicted molar refractivity (Wildman–Crippen MR) is 59.3 cm³/mol. The van der Waals surface area contributed by atoms with Crippen molar-refractivity contribution in [1.82, 2.24) is 9.78 Å². The van der Waals surface area contributed by atoms with Gasteiger partial charge in [-0.2, -0.15) is 5.10 Å². The molecule has 1 heterocycles. The van der Waals surface area contributed by atoms with Gasteiger partial charge < -0.3 is 0 Å². The van der Waals surface area contributed by atoms with Crippen LogP contribution >= 0.6 is 0 Å². The number of aromatic nitrogens is 2. The molecule has 0 aliphatic carbocycles. The van der Waals surface area contributed by atoms with E-state index in [1.807, 2.05) is 17.9 Å². The summed E-state index contributed by atoms with van der Waals surface area (Å²) in [7, 11) is 1.99. The number of unbranched alkanes of at least 4 members (excludes halogenated alkanes) is 1. The van der Waals surface area contributed by atoms with Gasteiger partial charge in [-0.25, -0.2) is 0 Å². The number of fused-ring (bicyclic) bond motifs is 1. The molecular formula is C12H16N2. The number of nitrogens with zero attached hydrogens (tertiary/aromatic N) is 2. The summed E-state index contributed by atoms with van der Waals surface area (Å²) in [5, 5.41) is 5.46. The largest absolute Gasteiger partial charge is 0.268 e. The van der Waals surface area contributed by atoms with Gasteiger partial charge in [0.2, 0.25) is 0 Å². The Bertz CT molecular complexity index is 429. The molecule has 0 amide bonds. The fourth-order valence-electron chi connectivity index (χ4n) is 1.73. The average Bonchev–Trinajstić information content (AvgIpc) is 2.57. The van der Waals surface area contributed by atoms with Crippen LogP contribution in [0.15, 0.2) is 24.4 Å². The quantitative estimate of drug-likeness (QED) is 0.724. The third-order valence-electron chi connectivity index (χ3n) is 2.63. The standard InChI is InChI=1S/C12H16N2/c1-3-4-5-10-6-7-11-9-13-14(2)12(11)8-10/h6-9H,3-5H2,1-2H3. The fourth-order valence-corrected chi connectivity index (χ4v) is 1.73. The summed E-state index contributed by atoms with van der Waals surface area (Å²) in [6.45, 7) is 2.22. The molecule has 0 saturated heterocycles. The molecule has 2 heteroatoms. The van der Waals surface area contributed by atoms with E-state index in [0.717, 1.165) is 0 Å². The molecule has 0 bridgehead atoms. The molecule has 0 spiro atoms. The Labute approximate surface area is 84.5 Å². The molecule has 0 aliphatic heterocycles. The zero-order chi connectivity index (χ0) is 9.97. The van der Waals surface area contributed by atoms with E-state index in [1.54, 1.807) is 0 Å². The van der Waals surface area contributed by atoms with Gasteiger partial charge >= 0.3 is 0 Å². The first-order chi connectivity index (χ1) is 6.81. The molecule has 2 aromatic rings. The molecule has 0 atom stereocenters. The van der Waals surface area contributed by atoms with Gasteiger partial charge in [-0.3, -0.25) is 4.68 Å². The Morgan fingerprint density at radius 3 is 3.00 bits per heavy atom. The van der Waals surface area contributed by atoms with Crippen molar-refractivity contribution in [1.29, 1.82) is 0 Å². The number of hydrogen-bond acceptors (Lipinski definition) is 1. The molecule has 2 rings (SSSR count). The van der Waals surface area contributed by atoms with Gasteiger partial charge in [0.1, 0.15) is 0 Å². The fraction of sp³-hybridized carbons (Fsp3) is 0.417. The molecule has 0 saturated carbocycles.